The minimum atomic E-state index is -0.384. The Labute approximate surface area is 113 Å². The molecule has 0 aliphatic rings. The van der Waals surface area contributed by atoms with Gasteiger partial charge in [0.15, 0.2) is 10.4 Å². The summed E-state index contributed by atoms with van der Waals surface area (Å²) < 4.78 is 5.61. The van der Waals surface area contributed by atoms with Gasteiger partial charge in [0, 0.05) is 0 Å². The lowest BCUT2D eigenvalue weighted by Crippen LogP contribution is -2.16. The fourth-order valence-electron chi connectivity index (χ4n) is 1.38. The van der Waals surface area contributed by atoms with Crippen molar-refractivity contribution < 1.29 is 9.21 Å². The van der Waals surface area contributed by atoms with E-state index in [0.29, 0.717) is 4.67 Å². The summed E-state index contributed by atoms with van der Waals surface area (Å²) in [4.78, 5) is 11.6. The number of benzene rings is 1. The quantitative estimate of drug-likeness (QED) is 0.699. The Bertz CT molecular complexity index is 590. The summed E-state index contributed by atoms with van der Waals surface area (Å²) in [5.74, 6) is -0.172. The summed E-state index contributed by atoms with van der Waals surface area (Å²) in [6.45, 7) is 1.98. The van der Waals surface area contributed by atoms with Gasteiger partial charge in [0.2, 0.25) is 0 Å². The monoisotopic (exact) mass is 306 g/mol. The third-order valence-corrected chi connectivity index (χ3v) is 2.78. The number of hydrazone groups is 1. The predicted octanol–water partition coefficient (Wildman–Crippen LogP) is 3.11. The van der Waals surface area contributed by atoms with Gasteiger partial charge in [0.1, 0.15) is 0 Å². The van der Waals surface area contributed by atoms with Crippen LogP contribution in [0.1, 0.15) is 21.7 Å². The van der Waals surface area contributed by atoms with Crippen LogP contribution in [0.25, 0.3) is 0 Å². The molecule has 1 heterocycles. The van der Waals surface area contributed by atoms with Gasteiger partial charge in [-0.25, -0.2) is 5.43 Å². The Morgan fingerprint density at radius 3 is 2.78 bits per heavy atom. The number of carbonyl (C=O) groups excluding carboxylic acids is 1. The van der Waals surface area contributed by atoms with Crippen molar-refractivity contribution in [2.24, 2.45) is 5.10 Å². The zero-order valence-electron chi connectivity index (χ0n) is 9.68. The third kappa shape index (κ3) is 3.07. The average molecular weight is 307 g/mol. The molecule has 1 aromatic heterocycles. The number of rotatable bonds is 3. The zero-order chi connectivity index (χ0) is 13.0. The maximum Gasteiger partial charge on any atom is 0.307 e. The highest BCUT2D eigenvalue weighted by molar-refractivity contribution is 9.10. The van der Waals surface area contributed by atoms with Crippen molar-refractivity contribution >= 4 is 28.1 Å². The third-order valence-electron chi connectivity index (χ3n) is 2.36. The van der Waals surface area contributed by atoms with Crippen molar-refractivity contribution in [3.8, 4) is 0 Å². The van der Waals surface area contributed by atoms with Crippen LogP contribution in [0.3, 0.4) is 0 Å². The van der Waals surface area contributed by atoms with Crippen molar-refractivity contribution in [1.82, 2.24) is 5.43 Å². The Morgan fingerprint density at radius 2 is 2.11 bits per heavy atom. The van der Waals surface area contributed by atoms with Crippen molar-refractivity contribution in [1.29, 1.82) is 0 Å². The van der Waals surface area contributed by atoms with Gasteiger partial charge in [-0.15, -0.1) is 0 Å². The van der Waals surface area contributed by atoms with E-state index in [1.165, 1.54) is 0 Å². The first-order valence-electron chi connectivity index (χ1n) is 5.31. The highest BCUT2D eigenvalue weighted by atomic mass is 79.9. The van der Waals surface area contributed by atoms with Crippen LogP contribution in [0.5, 0.6) is 0 Å². The van der Waals surface area contributed by atoms with Gasteiger partial charge in [-0.2, -0.15) is 5.10 Å². The summed E-state index contributed by atoms with van der Waals surface area (Å²) in [6, 6.07) is 11.0. The summed E-state index contributed by atoms with van der Waals surface area (Å²) >= 11 is 3.13. The second-order valence-electron chi connectivity index (χ2n) is 3.66. The smallest absolute Gasteiger partial charge is 0.307 e. The number of nitrogens with zero attached hydrogens (tertiary/aromatic N) is 1. The molecular formula is C13H11BrN2O2. The van der Waals surface area contributed by atoms with Gasteiger partial charge in [-0.3, -0.25) is 4.79 Å². The molecule has 0 radical (unpaired) electrons. The maximum atomic E-state index is 11.6. The van der Waals surface area contributed by atoms with Crippen LogP contribution in [0, 0.1) is 6.92 Å². The van der Waals surface area contributed by atoms with Gasteiger partial charge in [0.05, 0.1) is 6.21 Å². The van der Waals surface area contributed by atoms with E-state index in [0.717, 1.165) is 11.1 Å². The largest absolute Gasteiger partial charge is 0.444 e. The molecule has 92 valence electrons. The van der Waals surface area contributed by atoms with Crippen LogP contribution in [-0.4, -0.2) is 12.1 Å². The van der Waals surface area contributed by atoms with Crippen LogP contribution in [-0.2, 0) is 0 Å². The van der Waals surface area contributed by atoms with Gasteiger partial charge >= 0.3 is 5.91 Å². The molecule has 2 aromatic rings. The molecule has 1 amide bonds. The van der Waals surface area contributed by atoms with Crippen molar-refractivity contribution in [2.45, 2.75) is 6.92 Å². The molecule has 4 nitrogen and oxygen atoms in total. The van der Waals surface area contributed by atoms with Gasteiger partial charge < -0.3 is 4.42 Å². The highest BCUT2D eigenvalue weighted by Gasteiger charge is 2.08. The Hall–Kier alpha value is -1.88. The number of nitrogens with one attached hydrogen (secondary N) is 1. The molecule has 0 fully saturated rings. The number of hydrogen-bond acceptors (Lipinski definition) is 3. The van der Waals surface area contributed by atoms with Gasteiger partial charge in [0.25, 0.3) is 0 Å². The molecule has 0 aliphatic heterocycles. The fraction of sp³-hybridized carbons (Fsp3) is 0.0769. The second-order valence-corrected chi connectivity index (χ2v) is 4.44. The summed E-state index contributed by atoms with van der Waals surface area (Å²) in [5, 5.41) is 3.89. The molecule has 5 heteroatoms. The normalized spacial score (nSPS) is 10.8. The van der Waals surface area contributed by atoms with Crippen molar-refractivity contribution in [3.05, 3.63) is 58.0 Å². The number of hydrogen-bond donors (Lipinski definition) is 1. The minimum absolute atomic E-state index is 0.212. The Morgan fingerprint density at radius 1 is 1.33 bits per heavy atom. The molecule has 0 saturated heterocycles. The number of aryl methyl sites for hydroxylation is 1. The first-order valence-corrected chi connectivity index (χ1v) is 6.10. The average Bonchev–Trinajstić information content (AvgIpc) is 2.78. The molecule has 18 heavy (non-hydrogen) atoms. The van der Waals surface area contributed by atoms with Gasteiger partial charge in [-0.05, 0) is 46.1 Å². The lowest BCUT2D eigenvalue weighted by atomic mass is 10.1. The molecule has 1 aromatic carbocycles. The highest BCUT2D eigenvalue weighted by Crippen LogP contribution is 2.13. The topological polar surface area (TPSA) is 54.6 Å². The Kier molecular flexibility index (Phi) is 3.94. The maximum absolute atomic E-state index is 11.6. The predicted molar refractivity (Wildman–Crippen MR) is 72.6 cm³/mol. The first-order chi connectivity index (χ1) is 8.66. The standard InChI is InChI=1S/C13H11BrN2O2/c1-9-4-2-3-5-10(9)8-15-16-13(17)11-6-7-12(14)18-11/h2-8H,1H3,(H,16,17)/b15-8+. The van der Waals surface area contributed by atoms with Crippen LogP contribution < -0.4 is 5.43 Å². The van der Waals surface area contributed by atoms with Crippen LogP contribution in [0.2, 0.25) is 0 Å². The first kappa shape index (κ1) is 12.6. The number of furan rings is 1. The molecule has 0 spiro atoms. The summed E-state index contributed by atoms with van der Waals surface area (Å²) in [7, 11) is 0. The van der Waals surface area contributed by atoms with Gasteiger partial charge in [-0.1, -0.05) is 24.3 Å². The van der Waals surface area contributed by atoms with E-state index in [-0.39, 0.29) is 11.7 Å². The van der Waals surface area contributed by atoms with Crippen molar-refractivity contribution in [3.63, 3.8) is 0 Å². The van der Waals surface area contributed by atoms with E-state index in [2.05, 4.69) is 26.5 Å². The molecule has 0 unspecified atom stereocenters. The molecule has 0 saturated carbocycles. The van der Waals surface area contributed by atoms with Crippen LogP contribution in [0.4, 0.5) is 0 Å². The van der Waals surface area contributed by atoms with E-state index < -0.39 is 0 Å². The number of amides is 1. The fourth-order valence-corrected chi connectivity index (χ4v) is 1.69. The lowest BCUT2D eigenvalue weighted by molar-refractivity contribution is 0.0926. The lowest BCUT2D eigenvalue weighted by Gasteiger charge is -1.98. The molecule has 0 bridgehead atoms. The van der Waals surface area contributed by atoms with Crippen LogP contribution in [0.15, 0.2) is 50.6 Å². The molecule has 2 rings (SSSR count). The zero-order valence-corrected chi connectivity index (χ0v) is 11.3. The second kappa shape index (κ2) is 5.64. The molecule has 0 aliphatic carbocycles. The van der Waals surface area contributed by atoms with Crippen molar-refractivity contribution in [2.75, 3.05) is 0 Å². The van der Waals surface area contributed by atoms with E-state index >= 15 is 0 Å². The van der Waals surface area contributed by atoms with E-state index in [9.17, 15) is 4.79 Å². The Balaban J connectivity index is 2.00. The number of carbonyl (C=O) groups is 1. The number of halogens is 1. The van der Waals surface area contributed by atoms with Crippen LogP contribution >= 0.6 is 15.9 Å². The minimum Gasteiger partial charge on any atom is -0.444 e. The van der Waals surface area contributed by atoms with E-state index in [1.807, 2.05) is 31.2 Å². The van der Waals surface area contributed by atoms with E-state index in [4.69, 9.17) is 4.42 Å². The SMILES string of the molecule is Cc1ccccc1/C=N/NC(=O)c1ccc(Br)o1. The molecule has 1 N–H and O–H groups in total. The molecule has 0 atom stereocenters. The summed E-state index contributed by atoms with van der Waals surface area (Å²) in [5.41, 5.74) is 4.45. The molecular weight excluding hydrogens is 296 g/mol. The summed E-state index contributed by atoms with van der Waals surface area (Å²) in [6.07, 6.45) is 1.60. The van der Waals surface area contributed by atoms with E-state index in [1.54, 1.807) is 18.3 Å².